The van der Waals surface area contributed by atoms with Crippen LogP contribution in [0.4, 0.5) is 0 Å². The Morgan fingerprint density at radius 1 is 1.24 bits per heavy atom. The fourth-order valence-corrected chi connectivity index (χ4v) is 2.40. The Labute approximate surface area is 110 Å². The quantitative estimate of drug-likeness (QED) is 0.872. The lowest BCUT2D eigenvalue weighted by Gasteiger charge is -2.16. The van der Waals surface area contributed by atoms with E-state index in [-0.39, 0.29) is 12.6 Å². The van der Waals surface area contributed by atoms with E-state index in [0.29, 0.717) is 5.02 Å². The number of rotatable bonds is 5. The third-order valence-electron chi connectivity index (χ3n) is 2.56. The number of hydrogen-bond acceptors (Lipinski definition) is 3. The molecule has 0 saturated carbocycles. The second kappa shape index (κ2) is 6.17. The predicted molar refractivity (Wildman–Crippen MR) is 72.4 cm³/mol. The summed E-state index contributed by atoms with van der Waals surface area (Å²) in [7, 11) is 0. The van der Waals surface area contributed by atoms with Crippen LogP contribution in [0.15, 0.2) is 41.8 Å². The van der Waals surface area contributed by atoms with Gasteiger partial charge in [-0.15, -0.1) is 11.3 Å². The molecule has 1 aromatic heterocycles. The molecule has 2 aromatic rings. The minimum absolute atomic E-state index is 0.0469. The molecule has 1 aromatic carbocycles. The molecule has 0 saturated heterocycles. The van der Waals surface area contributed by atoms with Gasteiger partial charge in [-0.3, -0.25) is 0 Å². The van der Waals surface area contributed by atoms with Gasteiger partial charge in [-0.1, -0.05) is 29.8 Å². The Morgan fingerprint density at radius 3 is 2.59 bits per heavy atom. The van der Waals surface area contributed by atoms with Crippen molar-refractivity contribution in [2.45, 2.75) is 12.6 Å². The Hall–Kier alpha value is -0.870. The number of halogens is 1. The summed E-state index contributed by atoms with van der Waals surface area (Å²) in [6, 6.07) is 11.6. The van der Waals surface area contributed by atoms with E-state index < -0.39 is 0 Å². The molecule has 4 heteroatoms. The van der Waals surface area contributed by atoms with Crippen LogP contribution < -0.4 is 5.32 Å². The van der Waals surface area contributed by atoms with Crippen LogP contribution in [0, 0.1) is 0 Å². The summed E-state index contributed by atoms with van der Waals surface area (Å²) >= 11 is 7.54. The molecule has 2 nitrogen and oxygen atoms in total. The average molecular weight is 268 g/mol. The summed E-state index contributed by atoms with van der Waals surface area (Å²) in [5.74, 6) is 0. The molecule has 1 atom stereocenters. The SMILES string of the molecule is OCC(NCc1cccs1)c1ccc(Cl)cc1. The van der Waals surface area contributed by atoms with Gasteiger partial charge in [-0.05, 0) is 29.1 Å². The van der Waals surface area contributed by atoms with E-state index in [4.69, 9.17) is 11.6 Å². The zero-order chi connectivity index (χ0) is 12.1. The summed E-state index contributed by atoms with van der Waals surface area (Å²) in [5.41, 5.74) is 1.05. The Kier molecular flexibility index (Phi) is 4.57. The summed E-state index contributed by atoms with van der Waals surface area (Å²) in [6.45, 7) is 0.846. The van der Waals surface area contributed by atoms with Crippen LogP contribution in [0.3, 0.4) is 0 Å². The van der Waals surface area contributed by atoms with Gasteiger partial charge in [-0.25, -0.2) is 0 Å². The predicted octanol–water partition coefficient (Wildman–Crippen LogP) is 3.22. The van der Waals surface area contributed by atoms with Gasteiger partial charge in [0.2, 0.25) is 0 Å². The first-order chi connectivity index (χ1) is 8.29. The minimum atomic E-state index is -0.0469. The second-order valence-corrected chi connectivity index (χ2v) is 5.22. The first kappa shape index (κ1) is 12.6. The highest BCUT2D eigenvalue weighted by molar-refractivity contribution is 7.09. The van der Waals surface area contributed by atoms with Gasteiger partial charge < -0.3 is 10.4 Å². The van der Waals surface area contributed by atoms with E-state index >= 15 is 0 Å². The van der Waals surface area contributed by atoms with Crippen LogP contribution in [-0.2, 0) is 6.54 Å². The van der Waals surface area contributed by atoms with Crippen LogP contribution in [0.1, 0.15) is 16.5 Å². The molecular weight excluding hydrogens is 254 g/mol. The van der Waals surface area contributed by atoms with Crippen molar-refractivity contribution in [3.63, 3.8) is 0 Å². The van der Waals surface area contributed by atoms with Crippen LogP contribution >= 0.6 is 22.9 Å². The van der Waals surface area contributed by atoms with Crippen molar-refractivity contribution in [2.24, 2.45) is 0 Å². The van der Waals surface area contributed by atoms with Crippen LogP contribution in [0.5, 0.6) is 0 Å². The van der Waals surface area contributed by atoms with Gasteiger partial charge >= 0.3 is 0 Å². The molecule has 1 unspecified atom stereocenters. The molecule has 0 radical (unpaired) electrons. The second-order valence-electron chi connectivity index (χ2n) is 3.75. The highest BCUT2D eigenvalue weighted by atomic mass is 35.5. The highest BCUT2D eigenvalue weighted by Gasteiger charge is 2.09. The molecule has 1 heterocycles. The largest absolute Gasteiger partial charge is 0.394 e. The van der Waals surface area contributed by atoms with Gasteiger partial charge in [0, 0.05) is 16.4 Å². The summed E-state index contributed by atoms with van der Waals surface area (Å²) in [6.07, 6.45) is 0. The zero-order valence-electron chi connectivity index (χ0n) is 9.27. The Balaban J connectivity index is 1.99. The fourth-order valence-electron chi connectivity index (χ4n) is 1.62. The number of nitrogens with one attached hydrogen (secondary N) is 1. The van der Waals surface area contributed by atoms with Gasteiger partial charge in [0.1, 0.15) is 0 Å². The maximum atomic E-state index is 9.39. The molecule has 17 heavy (non-hydrogen) atoms. The molecule has 2 rings (SSSR count). The normalized spacial score (nSPS) is 12.6. The van der Waals surface area contributed by atoms with Gasteiger partial charge in [0.25, 0.3) is 0 Å². The number of benzene rings is 1. The Bertz CT molecular complexity index is 441. The summed E-state index contributed by atoms with van der Waals surface area (Å²) in [5, 5.41) is 15.5. The first-order valence-corrected chi connectivity index (χ1v) is 6.67. The summed E-state index contributed by atoms with van der Waals surface area (Å²) < 4.78 is 0. The number of aliphatic hydroxyl groups excluding tert-OH is 1. The number of aliphatic hydroxyl groups is 1. The van der Waals surface area contributed by atoms with Crippen molar-refractivity contribution in [1.29, 1.82) is 0 Å². The van der Waals surface area contributed by atoms with E-state index in [9.17, 15) is 5.11 Å². The van der Waals surface area contributed by atoms with Crippen molar-refractivity contribution in [3.8, 4) is 0 Å². The number of hydrogen-bond donors (Lipinski definition) is 2. The van der Waals surface area contributed by atoms with E-state index in [2.05, 4.69) is 11.4 Å². The van der Waals surface area contributed by atoms with E-state index in [1.165, 1.54) is 4.88 Å². The molecule has 0 bridgehead atoms. The van der Waals surface area contributed by atoms with E-state index in [0.717, 1.165) is 12.1 Å². The average Bonchev–Trinajstić information content (AvgIpc) is 2.85. The van der Waals surface area contributed by atoms with Gasteiger partial charge in [-0.2, -0.15) is 0 Å². The van der Waals surface area contributed by atoms with E-state index in [1.807, 2.05) is 35.7 Å². The van der Waals surface area contributed by atoms with Crippen molar-refractivity contribution < 1.29 is 5.11 Å². The first-order valence-electron chi connectivity index (χ1n) is 5.41. The maximum Gasteiger partial charge on any atom is 0.0626 e. The third kappa shape index (κ3) is 3.54. The molecule has 2 N–H and O–H groups in total. The van der Waals surface area contributed by atoms with Gasteiger partial charge in [0.15, 0.2) is 0 Å². The molecule has 0 aliphatic carbocycles. The van der Waals surface area contributed by atoms with Crippen LogP contribution in [0.2, 0.25) is 5.02 Å². The third-order valence-corrected chi connectivity index (χ3v) is 3.69. The Morgan fingerprint density at radius 2 is 2.00 bits per heavy atom. The fraction of sp³-hybridized carbons (Fsp3) is 0.231. The molecule has 0 aliphatic heterocycles. The molecule has 0 fully saturated rings. The lowest BCUT2D eigenvalue weighted by Crippen LogP contribution is -2.23. The summed E-state index contributed by atoms with van der Waals surface area (Å²) in [4.78, 5) is 1.26. The molecule has 0 aliphatic rings. The molecule has 0 amide bonds. The lowest BCUT2D eigenvalue weighted by molar-refractivity contribution is 0.244. The van der Waals surface area contributed by atoms with Gasteiger partial charge in [0.05, 0.1) is 12.6 Å². The van der Waals surface area contributed by atoms with Crippen molar-refractivity contribution in [2.75, 3.05) is 6.61 Å². The topological polar surface area (TPSA) is 32.3 Å². The lowest BCUT2D eigenvalue weighted by atomic mass is 10.1. The highest BCUT2D eigenvalue weighted by Crippen LogP contribution is 2.17. The number of thiophene rings is 1. The van der Waals surface area contributed by atoms with Crippen molar-refractivity contribution in [3.05, 3.63) is 57.2 Å². The maximum absolute atomic E-state index is 9.39. The van der Waals surface area contributed by atoms with Crippen molar-refractivity contribution in [1.82, 2.24) is 5.32 Å². The zero-order valence-corrected chi connectivity index (χ0v) is 10.8. The molecular formula is C13H14ClNOS. The molecule has 90 valence electrons. The van der Waals surface area contributed by atoms with E-state index in [1.54, 1.807) is 11.3 Å². The minimum Gasteiger partial charge on any atom is -0.394 e. The van der Waals surface area contributed by atoms with Crippen LogP contribution in [-0.4, -0.2) is 11.7 Å². The van der Waals surface area contributed by atoms with Crippen molar-refractivity contribution >= 4 is 22.9 Å². The standard InChI is InChI=1S/C13H14ClNOS/c14-11-5-3-10(4-6-11)13(9-16)15-8-12-2-1-7-17-12/h1-7,13,15-16H,8-9H2. The smallest absolute Gasteiger partial charge is 0.0626 e. The monoisotopic (exact) mass is 267 g/mol. The molecule has 0 spiro atoms. The van der Waals surface area contributed by atoms with Crippen LogP contribution in [0.25, 0.3) is 0 Å².